The van der Waals surface area contributed by atoms with Gasteiger partial charge in [0.2, 0.25) is 0 Å². The van der Waals surface area contributed by atoms with Gasteiger partial charge in [0.05, 0.1) is 0 Å². The molecule has 0 amide bonds. The quantitative estimate of drug-likeness (QED) is 0.852. The summed E-state index contributed by atoms with van der Waals surface area (Å²) in [5.74, 6) is 0.264. The van der Waals surface area contributed by atoms with E-state index >= 15 is 0 Å². The first-order valence-electron chi connectivity index (χ1n) is 6.89. The van der Waals surface area contributed by atoms with Crippen molar-refractivity contribution in [3.05, 3.63) is 35.2 Å². The van der Waals surface area contributed by atoms with Crippen molar-refractivity contribution in [1.82, 2.24) is 5.32 Å². The summed E-state index contributed by atoms with van der Waals surface area (Å²) >= 11 is 1.79. The smallest absolute Gasteiger partial charge is 0.147 e. The van der Waals surface area contributed by atoms with E-state index in [1.54, 1.807) is 11.3 Å². The van der Waals surface area contributed by atoms with Crippen molar-refractivity contribution < 1.29 is 8.42 Å². The fourth-order valence-electron chi connectivity index (χ4n) is 2.32. The number of benzene rings is 1. The van der Waals surface area contributed by atoms with Gasteiger partial charge in [-0.15, -0.1) is 11.3 Å². The van der Waals surface area contributed by atoms with Crippen LogP contribution in [0.5, 0.6) is 0 Å². The maximum Gasteiger partial charge on any atom is 0.147 e. The first-order chi connectivity index (χ1) is 9.49. The molecule has 1 atom stereocenters. The Morgan fingerprint density at radius 3 is 2.70 bits per heavy atom. The van der Waals surface area contributed by atoms with Gasteiger partial charge in [0, 0.05) is 27.6 Å². The lowest BCUT2D eigenvalue weighted by atomic mass is 10.1. The van der Waals surface area contributed by atoms with Gasteiger partial charge in [0.15, 0.2) is 0 Å². The first kappa shape index (κ1) is 15.5. The largest absolute Gasteiger partial charge is 0.310 e. The number of hydrogen-bond acceptors (Lipinski definition) is 4. The molecule has 2 rings (SSSR count). The molecule has 0 bridgehead atoms. The summed E-state index contributed by atoms with van der Waals surface area (Å²) in [7, 11) is -2.87. The second-order valence-electron chi connectivity index (χ2n) is 5.07. The summed E-state index contributed by atoms with van der Waals surface area (Å²) in [5, 5.41) is 4.72. The molecule has 1 N–H and O–H groups in total. The molecule has 0 spiro atoms. The van der Waals surface area contributed by atoms with E-state index < -0.39 is 9.84 Å². The molecular formula is C15H21NO2S2. The summed E-state index contributed by atoms with van der Waals surface area (Å²) < 4.78 is 23.7. The molecule has 0 aliphatic heterocycles. The second kappa shape index (κ2) is 6.70. The molecular weight excluding hydrogens is 290 g/mol. The number of sulfone groups is 1. The predicted octanol–water partition coefficient (Wildman–Crippen LogP) is 3.38. The third kappa shape index (κ3) is 4.30. The van der Waals surface area contributed by atoms with Crippen LogP contribution in [0.25, 0.3) is 10.1 Å². The third-order valence-electron chi connectivity index (χ3n) is 3.25. The zero-order chi connectivity index (χ0) is 14.6. The number of thiophene rings is 1. The minimum absolute atomic E-state index is 0.249. The average molecular weight is 311 g/mol. The monoisotopic (exact) mass is 311 g/mol. The molecule has 20 heavy (non-hydrogen) atoms. The van der Waals surface area contributed by atoms with Crippen LogP contribution < -0.4 is 5.32 Å². The molecule has 2 aromatic rings. The van der Waals surface area contributed by atoms with E-state index in [1.807, 2.05) is 6.07 Å². The van der Waals surface area contributed by atoms with Gasteiger partial charge < -0.3 is 5.32 Å². The van der Waals surface area contributed by atoms with Crippen LogP contribution in [0.3, 0.4) is 0 Å². The summed E-state index contributed by atoms with van der Waals surface area (Å²) in [6.07, 6.45) is 2.85. The van der Waals surface area contributed by atoms with E-state index in [0.717, 1.165) is 13.0 Å². The second-order valence-corrected chi connectivity index (χ2v) is 8.44. The molecule has 0 saturated heterocycles. The first-order valence-corrected chi connectivity index (χ1v) is 9.77. The van der Waals surface area contributed by atoms with Crippen LogP contribution in [0.1, 0.15) is 30.7 Å². The van der Waals surface area contributed by atoms with Crippen molar-refractivity contribution in [3.63, 3.8) is 0 Å². The highest BCUT2D eigenvalue weighted by molar-refractivity contribution is 7.90. The van der Waals surface area contributed by atoms with Gasteiger partial charge in [0.25, 0.3) is 0 Å². The third-order valence-corrected chi connectivity index (χ3v) is 5.51. The van der Waals surface area contributed by atoms with Crippen LogP contribution in [0.2, 0.25) is 0 Å². The fourth-order valence-corrected chi connectivity index (χ4v) is 4.18. The minimum Gasteiger partial charge on any atom is -0.310 e. The van der Waals surface area contributed by atoms with E-state index in [2.05, 4.69) is 36.5 Å². The van der Waals surface area contributed by atoms with Gasteiger partial charge in [-0.05, 0) is 36.9 Å². The van der Waals surface area contributed by atoms with Gasteiger partial charge in [0.1, 0.15) is 9.84 Å². The maximum absolute atomic E-state index is 11.2. The molecule has 0 saturated carbocycles. The molecule has 0 aliphatic rings. The maximum atomic E-state index is 11.2. The van der Waals surface area contributed by atoms with Crippen LogP contribution in [-0.2, 0) is 9.84 Å². The van der Waals surface area contributed by atoms with Crippen molar-refractivity contribution in [3.8, 4) is 0 Å². The molecule has 0 aliphatic carbocycles. The lowest BCUT2D eigenvalue weighted by Gasteiger charge is -2.15. The molecule has 3 nitrogen and oxygen atoms in total. The van der Waals surface area contributed by atoms with Gasteiger partial charge in [-0.25, -0.2) is 8.42 Å². The lowest BCUT2D eigenvalue weighted by molar-refractivity contribution is 0.514. The number of hydrogen-bond donors (Lipinski definition) is 1. The van der Waals surface area contributed by atoms with Gasteiger partial charge in [-0.2, -0.15) is 0 Å². The van der Waals surface area contributed by atoms with Crippen LogP contribution in [-0.4, -0.2) is 27.0 Å². The highest BCUT2D eigenvalue weighted by Gasteiger charge is 2.14. The van der Waals surface area contributed by atoms with Crippen molar-refractivity contribution >= 4 is 31.3 Å². The van der Waals surface area contributed by atoms with Crippen molar-refractivity contribution in [1.29, 1.82) is 0 Å². The Kier molecular flexibility index (Phi) is 5.18. The Hall–Kier alpha value is -0.910. The number of nitrogens with one attached hydrogen (secondary N) is 1. The minimum atomic E-state index is -2.87. The Labute approximate surface area is 124 Å². The summed E-state index contributed by atoms with van der Waals surface area (Å²) in [6, 6.07) is 10.8. The topological polar surface area (TPSA) is 46.2 Å². The molecule has 110 valence electrons. The number of rotatable bonds is 7. The highest BCUT2D eigenvalue weighted by Crippen LogP contribution is 2.31. The van der Waals surface area contributed by atoms with Gasteiger partial charge >= 0.3 is 0 Å². The van der Waals surface area contributed by atoms with Crippen LogP contribution >= 0.6 is 11.3 Å². The average Bonchev–Trinajstić information content (AvgIpc) is 2.80. The Morgan fingerprint density at radius 2 is 2.05 bits per heavy atom. The molecule has 1 aromatic carbocycles. The molecule has 5 heteroatoms. The summed E-state index contributed by atoms with van der Waals surface area (Å²) in [4.78, 5) is 1.29. The highest BCUT2D eigenvalue weighted by atomic mass is 32.2. The standard InChI is InChI=1S/C15H21NO2S2/c1-3-16-13(8-6-10-20(2,17)18)15-11-12-7-4-5-9-14(12)19-15/h4-5,7,9,11,13,16H,3,6,8,10H2,1-2H3. The Morgan fingerprint density at radius 1 is 1.30 bits per heavy atom. The van der Waals surface area contributed by atoms with E-state index in [1.165, 1.54) is 21.2 Å². The van der Waals surface area contributed by atoms with Crippen molar-refractivity contribution in [2.24, 2.45) is 0 Å². The van der Waals surface area contributed by atoms with E-state index in [0.29, 0.717) is 6.42 Å². The molecule has 0 fully saturated rings. The fraction of sp³-hybridized carbons (Fsp3) is 0.467. The Bertz CT molecular complexity index is 628. The van der Waals surface area contributed by atoms with Crippen LogP contribution in [0.4, 0.5) is 0 Å². The zero-order valence-electron chi connectivity index (χ0n) is 11.9. The van der Waals surface area contributed by atoms with Gasteiger partial charge in [-0.3, -0.25) is 0 Å². The van der Waals surface area contributed by atoms with Gasteiger partial charge in [-0.1, -0.05) is 25.1 Å². The number of fused-ring (bicyclic) bond motifs is 1. The lowest BCUT2D eigenvalue weighted by Crippen LogP contribution is -2.20. The molecule has 1 unspecified atom stereocenters. The zero-order valence-corrected chi connectivity index (χ0v) is 13.6. The van der Waals surface area contributed by atoms with E-state index in [9.17, 15) is 8.42 Å². The summed E-state index contributed by atoms with van der Waals surface area (Å²) in [5.41, 5.74) is 0. The molecule has 1 aromatic heterocycles. The van der Waals surface area contributed by atoms with E-state index in [-0.39, 0.29) is 11.8 Å². The Balaban J connectivity index is 2.11. The van der Waals surface area contributed by atoms with Crippen molar-refractivity contribution in [2.45, 2.75) is 25.8 Å². The van der Waals surface area contributed by atoms with Crippen LogP contribution in [0, 0.1) is 0 Å². The predicted molar refractivity (Wildman–Crippen MR) is 87.2 cm³/mol. The van der Waals surface area contributed by atoms with Crippen LogP contribution in [0.15, 0.2) is 30.3 Å². The summed E-state index contributed by atoms with van der Waals surface area (Å²) in [6.45, 7) is 2.97. The SMILES string of the molecule is CCNC(CCCS(C)(=O)=O)c1cc2ccccc2s1. The normalized spacial score (nSPS) is 13.7. The molecule has 0 radical (unpaired) electrons. The van der Waals surface area contributed by atoms with E-state index in [4.69, 9.17) is 0 Å². The molecule has 1 heterocycles. The van der Waals surface area contributed by atoms with Crippen molar-refractivity contribution in [2.75, 3.05) is 18.6 Å².